The highest BCUT2D eigenvalue weighted by Gasteiger charge is 2.40. The third-order valence-electron chi connectivity index (χ3n) is 3.20. The molecule has 0 N–H and O–H groups in total. The SMILES string of the molecule is [2H][C@]12COc3ccccc3[C@@]1([2H])Oc1ccccc12. The number of ether oxygens (including phenoxy) is 2. The van der Waals surface area contributed by atoms with Crippen molar-refractivity contribution in [3.63, 3.8) is 0 Å². The molecule has 0 aromatic heterocycles. The van der Waals surface area contributed by atoms with E-state index in [0.717, 1.165) is 5.56 Å². The van der Waals surface area contributed by atoms with Crippen LogP contribution < -0.4 is 9.47 Å². The van der Waals surface area contributed by atoms with Crippen LogP contribution in [0.25, 0.3) is 0 Å². The molecule has 2 aliphatic rings. The first kappa shape index (κ1) is 7.38. The van der Waals surface area contributed by atoms with Crippen molar-refractivity contribution >= 4 is 0 Å². The molecule has 17 heavy (non-hydrogen) atoms. The van der Waals surface area contributed by atoms with Crippen LogP contribution in [-0.4, -0.2) is 6.61 Å². The largest absolute Gasteiger partial charge is 0.492 e. The molecule has 4 rings (SSSR count). The molecule has 2 heteroatoms. The van der Waals surface area contributed by atoms with Crippen LogP contribution in [0.4, 0.5) is 0 Å². The molecule has 0 saturated heterocycles. The zero-order chi connectivity index (χ0) is 13.1. The van der Waals surface area contributed by atoms with Crippen molar-refractivity contribution in [1.29, 1.82) is 0 Å². The molecule has 84 valence electrons. The Morgan fingerprint density at radius 1 is 0.941 bits per heavy atom. The van der Waals surface area contributed by atoms with Gasteiger partial charge in [-0.25, -0.2) is 0 Å². The first-order valence-electron chi connectivity index (χ1n) is 6.66. The van der Waals surface area contributed by atoms with Crippen molar-refractivity contribution in [1.82, 2.24) is 0 Å². The fraction of sp³-hybridized carbons (Fsp3) is 0.200. The molecule has 2 aromatic carbocycles. The Morgan fingerprint density at radius 3 is 2.53 bits per heavy atom. The van der Waals surface area contributed by atoms with Crippen molar-refractivity contribution in [3.05, 3.63) is 59.7 Å². The average molecular weight is 226 g/mol. The highest BCUT2D eigenvalue weighted by atomic mass is 16.5. The Labute approximate surface area is 103 Å². The van der Waals surface area contributed by atoms with Crippen LogP contribution in [0.15, 0.2) is 48.5 Å². The van der Waals surface area contributed by atoms with E-state index in [9.17, 15) is 0 Å². The fourth-order valence-corrected chi connectivity index (χ4v) is 2.39. The number of hydrogen-bond acceptors (Lipinski definition) is 2. The average Bonchev–Trinajstić information content (AvgIpc) is 2.68. The zero-order valence-corrected chi connectivity index (χ0v) is 9.14. The van der Waals surface area contributed by atoms with Crippen LogP contribution in [0.3, 0.4) is 0 Å². The summed E-state index contributed by atoms with van der Waals surface area (Å²) in [6.45, 7) is 0.129. The quantitative estimate of drug-likeness (QED) is 0.686. The second-order valence-corrected chi connectivity index (χ2v) is 4.19. The minimum absolute atomic E-state index is 0.129. The maximum Gasteiger partial charge on any atom is 0.138 e. The maximum atomic E-state index is 8.71. The number of rotatable bonds is 0. The molecule has 2 heterocycles. The Hall–Kier alpha value is -1.96. The summed E-state index contributed by atoms with van der Waals surface area (Å²) < 4.78 is 28.9. The molecular weight excluding hydrogens is 212 g/mol. The first-order chi connectivity index (χ1) is 9.15. The zero-order valence-electron chi connectivity index (χ0n) is 11.1. The van der Waals surface area contributed by atoms with Gasteiger partial charge in [-0.15, -0.1) is 0 Å². The van der Waals surface area contributed by atoms with Gasteiger partial charge in [0.25, 0.3) is 0 Å². The van der Waals surface area contributed by atoms with Crippen molar-refractivity contribution in [2.24, 2.45) is 0 Å². The topological polar surface area (TPSA) is 18.5 Å². The summed E-state index contributed by atoms with van der Waals surface area (Å²) in [7, 11) is 0. The first-order valence-corrected chi connectivity index (χ1v) is 5.66. The van der Waals surface area contributed by atoms with Gasteiger partial charge in [0.1, 0.15) is 17.6 Å². The van der Waals surface area contributed by atoms with Crippen molar-refractivity contribution in [3.8, 4) is 11.5 Å². The Bertz CT molecular complexity index is 673. The summed E-state index contributed by atoms with van der Waals surface area (Å²) in [4.78, 5) is 0. The second kappa shape index (κ2) is 3.27. The number of hydrogen-bond donors (Lipinski definition) is 0. The molecule has 2 aliphatic heterocycles. The molecule has 0 saturated carbocycles. The molecule has 0 radical (unpaired) electrons. The molecule has 2 aromatic rings. The van der Waals surface area contributed by atoms with E-state index in [0.29, 0.717) is 17.1 Å². The Balaban J connectivity index is 1.99. The lowest BCUT2D eigenvalue weighted by atomic mass is 9.89. The van der Waals surface area contributed by atoms with Crippen LogP contribution in [0.5, 0.6) is 11.5 Å². The predicted octanol–water partition coefficient (Wildman–Crippen LogP) is 3.30. The van der Waals surface area contributed by atoms with Gasteiger partial charge in [-0.2, -0.15) is 0 Å². The van der Waals surface area contributed by atoms with Crippen molar-refractivity contribution in [2.45, 2.75) is 12.0 Å². The third kappa shape index (κ3) is 1.21. The van der Waals surface area contributed by atoms with Gasteiger partial charge in [0.2, 0.25) is 0 Å². The molecule has 0 unspecified atom stereocenters. The summed E-state index contributed by atoms with van der Waals surface area (Å²) in [5.41, 5.74) is 1.34. The molecule has 0 bridgehead atoms. The van der Waals surface area contributed by atoms with Gasteiger partial charge in [-0.1, -0.05) is 36.4 Å². The summed E-state index contributed by atoms with van der Waals surface area (Å²) in [6, 6.07) is 14.7. The van der Waals surface area contributed by atoms with Gasteiger partial charge in [0, 0.05) is 12.5 Å². The molecule has 2 nitrogen and oxygen atoms in total. The van der Waals surface area contributed by atoms with Gasteiger partial charge < -0.3 is 9.47 Å². The van der Waals surface area contributed by atoms with Gasteiger partial charge in [0.15, 0.2) is 0 Å². The highest BCUT2D eigenvalue weighted by Crippen LogP contribution is 2.50. The molecule has 0 aliphatic carbocycles. The van der Waals surface area contributed by atoms with E-state index in [1.807, 2.05) is 42.5 Å². The summed E-state index contributed by atoms with van der Waals surface area (Å²) in [5, 5.41) is 0. The van der Waals surface area contributed by atoms with E-state index < -0.39 is 12.0 Å². The van der Waals surface area contributed by atoms with Gasteiger partial charge in [-0.3, -0.25) is 0 Å². The van der Waals surface area contributed by atoms with E-state index in [1.54, 1.807) is 6.07 Å². The van der Waals surface area contributed by atoms with E-state index in [1.165, 1.54) is 0 Å². The molecule has 0 amide bonds. The Morgan fingerprint density at radius 2 is 1.65 bits per heavy atom. The maximum absolute atomic E-state index is 8.71. The lowest BCUT2D eigenvalue weighted by Gasteiger charge is -2.27. The lowest BCUT2D eigenvalue weighted by Crippen LogP contribution is -2.22. The molecule has 0 fully saturated rings. The standard InChI is InChI=1S/C15H12O2/c1-4-8-14-10(5-1)12-9-16-13-7-3-2-6-11(13)15(12)17-14/h1-8,12,15H,9H2/t12-,15-/m1/s1/i12D,15D. The van der Waals surface area contributed by atoms with Gasteiger partial charge >= 0.3 is 0 Å². The Kier molecular flexibility index (Phi) is 1.42. The fourth-order valence-electron chi connectivity index (χ4n) is 2.39. The van der Waals surface area contributed by atoms with Crippen LogP contribution in [0.1, 0.15) is 25.8 Å². The second-order valence-electron chi connectivity index (χ2n) is 4.19. The molecule has 2 atom stereocenters. The summed E-state index contributed by atoms with van der Waals surface area (Å²) in [5.74, 6) is 0.0128. The summed E-state index contributed by atoms with van der Waals surface area (Å²) in [6.07, 6.45) is -1.44. The number of para-hydroxylation sites is 2. The minimum atomic E-state index is -1.44. The van der Waals surface area contributed by atoms with E-state index in [-0.39, 0.29) is 6.61 Å². The van der Waals surface area contributed by atoms with Gasteiger partial charge in [-0.05, 0) is 12.1 Å². The monoisotopic (exact) mass is 226 g/mol. The highest BCUT2D eigenvalue weighted by molar-refractivity contribution is 5.48. The van der Waals surface area contributed by atoms with Crippen LogP contribution in [0.2, 0.25) is 0 Å². The van der Waals surface area contributed by atoms with Crippen LogP contribution in [0, 0.1) is 0 Å². The lowest BCUT2D eigenvalue weighted by molar-refractivity contribution is 0.139. The normalized spacial score (nSPS) is 34.4. The number of benzene rings is 2. The molecular formula is C15H12O2. The smallest absolute Gasteiger partial charge is 0.138 e. The van der Waals surface area contributed by atoms with Crippen LogP contribution in [-0.2, 0) is 0 Å². The summed E-state index contributed by atoms with van der Waals surface area (Å²) >= 11 is 0. The van der Waals surface area contributed by atoms with Crippen molar-refractivity contribution in [2.75, 3.05) is 6.61 Å². The minimum Gasteiger partial charge on any atom is -0.492 e. The number of fused-ring (bicyclic) bond motifs is 5. The van der Waals surface area contributed by atoms with Gasteiger partial charge in [0.05, 0.1) is 13.9 Å². The molecule has 0 spiro atoms. The van der Waals surface area contributed by atoms with E-state index >= 15 is 0 Å². The van der Waals surface area contributed by atoms with Crippen molar-refractivity contribution < 1.29 is 12.2 Å². The van der Waals surface area contributed by atoms with E-state index in [4.69, 9.17) is 12.2 Å². The van der Waals surface area contributed by atoms with E-state index in [2.05, 4.69) is 0 Å². The third-order valence-corrected chi connectivity index (χ3v) is 3.20. The predicted molar refractivity (Wildman–Crippen MR) is 64.5 cm³/mol. The van der Waals surface area contributed by atoms with Crippen LogP contribution >= 0.6 is 0 Å².